The zero-order valence-corrected chi connectivity index (χ0v) is 13.6. The number of halogens is 1. The summed E-state index contributed by atoms with van der Waals surface area (Å²) in [5.41, 5.74) is 3.28. The van der Waals surface area contributed by atoms with Gasteiger partial charge in [0.2, 0.25) is 0 Å². The molecule has 3 heterocycles. The van der Waals surface area contributed by atoms with Crippen LogP contribution in [-0.2, 0) is 4.79 Å². The van der Waals surface area contributed by atoms with Gasteiger partial charge in [-0.2, -0.15) is 0 Å². The maximum atomic E-state index is 12.4. The quantitative estimate of drug-likeness (QED) is 0.682. The van der Waals surface area contributed by atoms with Crippen LogP contribution in [0.3, 0.4) is 0 Å². The fourth-order valence-corrected chi connectivity index (χ4v) is 3.33. The number of rotatable bonds is 3. The van der Waals surface area contributed by atoms with E-state index in [1.807, 2.05) is 6.92 Å². The molecule has 3 saturated heterocycles. The second-order valence-corrected chi connectivity index (χ2v) is 6.38. The molecule has 0 unspecified atom stereocenters. The Morgan fingerprint density at radius 3 is 2.43 bits per heavy atom. The first-order valence-electron chi connectivity index (χ1n) is 7.51. The number of nitrogens with zero attached hydrogens (tertiary/aromatic N) is 2. The van der Waals surface area contributed by atoms with Gasteiger partial charge in [0, 0.05) is 25.3 Å². The van der Waals surface area contributed by atoms with Gasteiger partial charge >= 0.3 is 0 Å². The van der Waals surface area contributed by atoms with Crippen molar-refractivity contribution in [2.75, 3.05) is 51.1 Å². The van der Waals surface area contributed by atoms with E-state index in [4.69, 9.17) is 0 Å². The van der Waals surface area contributed by atoms with Crippen molar-refractivity contribution in [1.82, 2.24) is 4.90 Å². The number of carbonyl (C=O) groups is 1. The molecule has 0 radical (unpaired) electrons. The summed E-state index contributed by atoms with van der Waals surface area (Å²) >= 11 is 0. The molecular weight excluding hydrogens is 286 g/mol. The van der Waals surface area contributed by atoms with E-state index < -0.39 is 0 Å². The van der Waals surface area contributed by atoms with Crippen molar-refractivity contribution >= 4 is 11.6 Å². The molecular formula is C16H24ClN3O. The number of hydrogen-bond acceptors (Lipinski definition) is 2. The molecule has 0 saturated carbocycles. The van der Waals surface area contributed by atoms with Crippen LogP contribution in [0.25, 0.3) is 0 Å². The summed E-state index contributed by atoms with van der Waals surface area (Å²) in [6, 6.07) is 6.20. The summed E-state index contributed by atoms with van der Waals surface area (Å²) in [7, 11) is 0. The lowest BCUT2D eigenvalue weighted by atomic mass is 10.1. The molecule has 0 aliphatic carbocycles. The molecule has 116 valence electrons. The molecule has 1 amide bonds. The van der Waals surface area contributed by atoms with E-state index in [-0.39, 0.29) is 18.3 Å². The van der Waals surface area contributed by atoms with Crippen molar-refractivity contribution in [3.8, 4) is 0 Å². The average Bonchev–Trinajstić information content (AvgIpc) is 2.44. The van der Waals surface area contributed by atoms with Crippen molar-refractivity contribution in [3.05, 3.63) is 29.3 Å². The first kappa shape index (κ1) is 16.3. The number of fused-ring (bicyclic) bond motifs is 3. The third-order valence-corrected chi connectivity index (χ3v) is 4.82. The monoisotopic (exact) mass is 309 g/mol. The molecule has 3 aliphatic heterocycles. The van der Waals surface area contributed by atoms with Gasteiger partial charge in [0.25, 0.3) is 5.91 Å². The number of piperazine rings is 3. The zero-order chi connectivity index (χ0) is 14.2. The van der Waals surface area contributed by atoms with E-state index in [0.29, 0.717) is 6.54 Å². The normalized spacial score (nSPS) is 27.0. The second-order valence-electron chi connectivity index (χ2n) is 6.38. The van der Waals surface area contributed by atoms with Crippen LogP contribution in [0.1, 0.15) is 11.1 Å². The highest BCUT2D eigenvalue weighted by Crippen LogP contribution is 2.20. The van der Waals surface area contributed by atoms with Crippen molar-refractivity contribution in [3.63, 3.8) is 0 Å². The maximum absolute atomic E-state index is 12.4. The highest BCUT2D eigenvalue weighted by molar-refractivity contribution is 5.92. The van der Waals surface area contributed by atoms with Crippen LogP contribution in [0.2, 0.25) is 0 Å². The summed E-state index contributed by atoms with van der Waals surface area (Å²) in [5, 5.41) is 3.11. The van der Waals surface area contributed by atoms with E-state index in [9.17, 15) is 4.79 Å². The van der Waals surface area contributed by atoms with Crippen LogP contribution in [0.5, 0.6) is 0 Å². The van der Waals surface area contributed by atoms with Crippen molar-refractivity contribution < 1.29 is 21.7 Å². The second kappa shape index (κ2) is 6.34. The molecule has 4 rings (SSSR count). The highest BCUT2D eigenvalue weighted by atomic mass is 35.5. The Labute approximate surface area is 133 Å². The minimum atomic E-state index is 0. The van der Waals surface area contributed by atoms with E-state index in [0.717, 1.165) is 55.0 Å². The predicted octanol–water partition coefficient (Wildman–Crippen LogP) is -1.61. The molecule has 1 aromatic rings. The fraction of sp³-hybridized carbons (Fsp3) is 0.562. The van der Waals surface area contributed by atoms with Crippen LogP contribution in [0.15, 0.2) is 18.2 Å². The van der Waals surface area contributed by atoms with Gasteiger partial charge in [-0.25, -0.2) is 0 Å². The molecule has 0 aromatic heterocycles. The lowest BCUT2D eigenvalue weighted by Crippen LogP contribution is -3.00. The fourth-order valence-electron chi connectivity index (χ4n) is 3.33. The Hall–Kier alpha value is -1.10. The standard InChI is InChI=1S/C16H23N3O.ClH/c1-13-3-4-14(2)15(11-13)17-16(20)12-19-8-5-18(6-9-19)7-10-19;/h3-4,11H,5-10,12H2,1-2H3;1H. The molecule has 1 N–H and O–H groups in total. The topological polar surface area (TPSA) is 32.3 Å². The summed E-state index contributed by atoms with van der Waals surface area (Å²) in [5.74, 6) is 0.161. The summed E-state index contributed by atoms with van der Waals surface area (Å²) in [4.78, 5) is 14.9. The molecule has 3 aliphatic rings. The molecule has 21 heavy (non-hydrogen) atoms. The lowest BCUT2D eigenvalue weighted by Gasteiger charge is -2.50. The Kier molecular flexibility index (Phi) is 4.91. The minimum Gasteiger partial charge on any atom is -1.00 e. The number of aryl methyl sites for hydroxylation is 2. The molecule has 4 nitrogen and oxygen atoms in total. The van der Waals surface area contributed by atoms with Gasteiger partial charge in [0.15, 0.2) is 6.54 Å². The van der Waals surface area contributed by atoms with Crippen LogP contribution in [0, 0.1) is 13.8 Å². The van der Waals surface area contributed by atoms with E-state index in [2.05, 4.69) is 35.3 Å². The van der Waals surface area contributed by atoms with Crippen LogP contribution < -0.4 is 17.7 Å². The Morgan fingerprint density at radius 1 is 1.19 bits per heavy atom. The van der Waals surface area contributed by atoms with Gasteiger partial charge < -0.3 is 22.2 Å². The third-order valence-electron chi connectivity index (χ3n) is 4.82. The minimum absolute atomic E-state index is 0. The maximum Gasteiger partial charge on any atom is 0.279 e. The molecule has 0 atom stereocenters. The van der Waals surface area contributed by atoms with Crippen molar-refractivity contribution in [2.45, 2.75) is 13.8 Å². The Balaban J connectivity index is 0.00000161. The third kappa shape index (κ3) is 3.57. The van der Waals surface area contributed by atoms with E-state index in [1.165, 1.54) is 5.56 Å². The molecule has 5 heteroatoms. The van der Waals surface area contributed by atoms with Crippen LogP contribution in [0.4, 0.5) is 5.69 Å². The molecule has 2 bridgehead atoms. The van der Waals surface area contributed by atoms with Gasteiger partial charge in [-0.05, 0) is 31.0 Å². The van der Waals surface area contributed by atoms with Crippen LogP contribution >= 0.6 is 0 Å². The largest absolute Gasteiger partial charge is 1.00 e. The Morgan fingerprint density at radius 2 is 1.81 bits per heavy atom. The average molecular weight is 310 g/mol. The molecule has 0 spiro atoms. The number of nitrogens with one attached hydrogen (secondary N) is 1. The van der Waals surface area contributed by atoms with Crippen LogP contribution in [-0.4, -0.2) is 61.1 Å². The number of carbonyl (C=O) groups excluding carboxylic acids is 1. The lowest BCUT2D eigenvalue weighted by molar-refractivity contribution is -0.933. The summed E-state index contributed by atoms with van der Waals surface area (Å²) in [6.07, 6.45) is 0. The number of hydrogen-bond donors (Lipinski definition) is 1. The Bertz CT molecular complexity index is 510. The predicted molar refractivity (Wildman–Crippen MR) is 80.7 cm³/mol. The van der Waals surface area contributed by atoms with Gasteiger partial charge in [-0.1, -0.05) is 12.1 Å². The SMILES string of the molecule is Cc1ccc(C)c(NC(=O)C[N+]23CCN(CC2)CC3)c1.[Cl-]. The first-order valence-corrected chi connectivity index (χ1v) is 7.51. The highest BCUT2D eigenvalue weighted by Gasteiger charge is 2.39. The number of anilines is 1. The van der Waals surface area contributed by atoms with Gasteiger partial charge in [0.05, 0.1) is 19.6 Å². The molecule has 1 aromatic carbocycles. The molecule has 3 fully saturated rings. The van der Waals surface area contributed by atoms with Crippen molar-refractivity contribution in [2.24, 2.45) is 0 Å². The zero-order valence-electron chi connectivity index (χ0n) is 12.9. The number of amides is 1. The van der Waals surface area contributed by atoms with Crippen molar-refractivity contribution in [1.29, 1.82) is 0 Å². The van der Waals surface area contributed by atoms with E-state index in [1.54, 1.807) is 0 Å². The smallest absolute Gasteiger partial charge is 0.279 e. The van der Waals surface area contributed by atoms with E-state index >= 15 is 0 Å². The van der Waals surface area contributed by atoms with Gasteiger partial charge in [-0.3, -0.25) is 9.69 Å². The number of quaternary nitrogens is 1. The van der Waals surface area contributed by atoms with Gasteiger partial charge in [0.1, 0.15) is 0 Å². The summed E-state index contributed by atoms with van der Waals surface area (Å²) in [6.45, 7) is 11.5. The summed E-state index contributed by atoms with van der Waals surface area (Å²) < 4.78 is 0.979. The van der Waals surface area contributed by atoms with Gasteiger partial charge in [-0.15, -0.1) is 0 Å². The number of benzene rings is 1. The first-order chi connectivity index (χ1) is 9.56.